The van der Waals surface area contributed by atoms with Gasteiger partial charge in [-0.1, -0.05) is 13.8 Å². The Morgan fingerprint density at radius 3 is 2.64 bits per heavy atom. The lowest BCUT2D eigenvalue weighted by molar-refractivity contribution is -0.384. The summed E-state index contributed by atoms with van der Waals surface area (Å²) < 4.78 is 5.37. The summed E-state index contributed by atoms with van der Waals surface area (Å²) in [6, 6.07) is 5.14. The summed E-state index contributed by atoms with van der Waals surface area (Å²) in [5.74, 6) is 0.208. The van der Waals surface area contributed by atoms with E-state index in [-0.39, 0.29) is 30.2 Å². The molecular weight excluding hydrogens is 344 g/mol. The van der Waals surface area contributed by atoms with Gasteiger partial charge in [0, 0.05) is 17.0 Å². The molecule has 8 heteroatoms. The summed E-state index contributed by atoms with van der Waals surface area (Å²) in [5, 5.41) is 10.7. The van der Waals surface area contributed by atoms with Crippen molar-refractivity contribution in [2.24, 2.45) is 5.92 Å². The number of amides is 1. The van der Waals surface area contributed by atoms with Crippen LogP contribution in [0.4, 0.5) is 5.69 Å². The summed E-state index contributed by atoms with van der Waals surface area (Å²) in [7, 11) is 0. The Balaban J connectivity index is 1.66. The van der Waals surface area contributed by atoms with Crippen LogP contribution in [0.25, 0.3) is 0 Å². The first-order valence-electron chi connectivity index (χ1n) is 8.00. The number of carbonyl (C=O) groups excluding carboxylic acids is 2. The third-order valence-corrected chi connectivity index (χ3v) is 5.40. The molecule has 2 aliphatic rings. The number of thioether (sulfide) groups is 1. The van der Waals surface area contributed by atoms with Crippen molar-refractivity contribution in [1.29, 1.82) is 0 Å². The minimum absolute atomic E-state index is 0.0135. The van der Waals surface area contributed by atoms with Gasteiger partial charge in [-0.15, -0.1) is 11.8 Å². The summed E-state index contributed by atoms with van der Waals surface area (Å²) in [5.41, 5.74) is 0.643. The van der Waals surface area contributed by atoms with Gasteiger partial charge in [0.25, 0.3) is 5.69 Å². The van der Waals surface area contributed by atoms with Gasteiger partial charge in [0.1, 0.15) is 6.61 Å². The summed E-state index contributed by atoms with van der Waals surface area (Å²) in [6.07, 6.45) is 1.98. The van der Waals surface area contributed by atoms with Crippen LogP contribution in [0.3, 0.4) is 0 Å². The van der Waals surface area contributed by atoms with E-state index >= 15 is 0 Å². The SMILES string of the molecule is CCSC1=CC2[C@H](C)C(=O)N2[C@H]1C(=O)OCc1ccc([N+](=O)[O-])cc1. The third-order valence-electron chi connectivity index (χ3n) is 4.42. The van der Waals surface area contributed by atoms with E-state index in [9.17, 15) is 19.7 Å². The monoisotopic (exact) mass is 362 g/mol. The second-order valence-electron chi connectivity index (χ2n) is 5.96. The molecular formula is C17H18N2O5S. The smallest absolute Gasteiger partial charge is 0.334 e. The average molecular weight is 362 g/mol. The van der Waals surface area contributed by atoms with E-state index in [4.69, 9.17) is 4.74 Å². The van der Waals surface area contributed by atoms with Crippen LogP contribution in [0.1, 0.15) is 19.4 Å². The molecule has 1 saturated heterocycles. The predicted molar refractivity (Wildman–Crippen MR) is 92.7 cm³/mol. The second-order valence-corrected chi connectivity index (χ2v) is 7.30. The summed E-state index contributed by atoms with van der Waals surface area (Å²) >= 11 is 1.55. The van der Waals surface area contributed by atoms with Crippen LogP contribution in [0.5, 0.6) is 0 Å². The molecule has 132 valence electrons. The van der Waals surface area contributed by atoms with E-state index in [1.54, 1.807) is 28.8 Å². The van der Waals surface area contributed by atoms with Gasteiger partial charge in [0.2, 0.25) is 5.91 Å². The Hall–Kier alpha value is -2.35. The number of rotatable bonds is 6. The number of esters is 1. The highest BCUT2D eigenvalue weighted by atomic mass is 32.2. The Bertz CT molecular complexity index is 746. The maximum absolute atomic E-state index is 12.5. The van der Waals surface area contributed by atoms with Crippen LogP contribution in [0, 0.1) is 16.0 Å². The maximum Gasteiger partial charge on any atom is 0.334 e. The molecule has 1 fully saturated rings. The number of nitrogens with zero attached hydrogens (tertiary/aromatic N) is 2. The number of benzene rings is 1. The zero-order valence-electron chi connectivity index (χ0n) is 13.9. The van der Waals surface area contributed by atoms with Gasteiger partial charge in [-0.05, 0) is 29.5 Å². The molecule has 0 radical (unpaired) electrons. The van der Waals surface area contributed by atoms with Crippen molar-refractivity contribution in [3.05, 3.63) is 50.9 Å². The highest BCUT2D eigenvalue weighted by Gasteiger charge is 2.54. The van der Waals surface area contributed by atoms with Crippen molar-refractivity contribution in [2.75, 3.05) is 5.75 Å². The number of hydrogen-bond acceptors (Lipinski definition) is 6. The molecule has 0 saturated carbocycles. The summed E-state index contributed by atoms with van der Waals surface area (Å²) in [4.78, 5) is 37.3. The van der Waals surface area contributed by atoms with Crippen LogP contribution < -0.4 is 0 Å². The Morgan fingerprint density at radius 1 is 1.36 bits per heavy atom. The number of carbonyl (C=O) groups is 2. The normalized spacial score (nSPS) is 24.4. The Labute approximate surface area is 149 Å². The van der Waals surface area contributed by atoms with Crippen LogP contribution in [-0.2, 0) is 20.9 Å². The number of β-lactam (4-membered cyclic amide) rings is 1. The molecule has 2 aliphatic heterocycles. The number of non-ortho nitro benzene ring substituents is 1. The molecule has 2 heterocycles. The average Bonchev–Trinajstić information content (AvgIpc) is 2.95. The van der Waals surface area contributed by atoms with E-state index in [0.29, 0.717) is 5.56 Å². The minimum Gasteiger partial charge on any atom is -0.459 e. The molecule has 3 rings (SSSR count). The largest absolute Gasteiger partial charge is 0.459 e. The molecule has 25 heavy (non-hydrogen) atoms. The molecule has 1 aromatic carbocycles. The first-order chi connectivity index (χ1) is 11.9. The first-order valence-corrected chi connectivity index (χ1v) is 8.99. The number of fused-ring (bicyclic) bond motifs is 1. The maximum atomic E-state index is 12.5. The van der Waals surface area contributed by atoms with Gasteiger partial charge >= 0.3 is 5.97 Å². The van der Waals surface area contributed by atoms with E-state index in [1.807, 2.05) is 19.9 Å². The highest BCUT2D eigenvalue weighted by Crippen LogP contribution is 2.42. The van der Waals surface area contributed by atoms with Gasteiger partial charge in [0.15, 0.2) is 6.04 Å². The standard InChI is InChI=1S/C17H18N2O5S/c1-3-25-14-8-13-10(2)16(20)18(13)15(14)17(21)24-9-11-4-6-12(7-5-11)19(22)23/h4-8,10,13,15H,3,9H2,1-2H3/t10-,13?,15+/m0/s1. The molecule has 3 atom stereocenters. The molecule has 0 N–H and O–H groups in total. The van der Waals surface area contributed by atoms with Gasteiger partial charge in [0.05, 0.1) is 16.9 Å². The first kappa shape index (κ1) is 17.5. The zero-order chi connectivity index (χ0) is 18.1. The highest BCUT2D eigenvalue weighted by molar-refractivity contribution is 8.03. The molecule has 0 bridgehead atoms. The third kappa shape index (κ3) is 3.13. The van der Waals surface area contributed by atoms with Crippen molar-refractivity contribution in [3.8, 4) is 0 Å². The molecule has 1 unspecified atom stereocenters. The van der Waals surface area contributed by atoms with Crippen molar-refractivity contribution < 1.29 is 19.2 Å². The molecule has 0 aromatic heterocycles. The van der Waals surface area contributed by atoms with Crippen molar-refractivity contribution in [1.82, 2.24) is 4.90 Å². The van der Waals surface area contributed by atoms with E-state index in [0.717, 1.165) is 10.7 Å². The van der Waals surface area contributed by atoms with Gasteiger partial charge in [-0.3, -0.25) is 14.9 Å². The molecule has 0 aliphatic carbocycles. The lowest BCUT2D eigenvalue weighted by Crippen LogP contribution is -2.61. The van der Waals surface area contributed by atoms with Gasteiger partial charge in [-0.25, -0.2) is 4.79 Å². The fraction of sp³-hybridized carbons (Fsp3) is 0.412. The molecule has 7 nitrogen and oxygen atoms in total. The zero-order valence-corrected chi connectivity index (χ0v) is 14.7. The van der Waals surface area contributed by atoms with Gasteiger partial charge < -0.3 is 9.64 Å². The van der Waals surface area contributed by atoms with Crippen LogP contribution in [0.15, 0.2) is 35.2 Å². The minimum atomic E-state index is -0.670. The molecule has 0 spiro atoms. The Morgan fingerprint density at radius 2 is 2.04 bits per heavy atom. The van der Waals surface area contributed by atoms with Crippen LogP contribution >= 0.6 is 11.8 Å². The fourth-order valence-electron chi connectivity index (χ4n) is 3.08. The lowest BCUT2D eigenvalue weighted by atomic mass is 9.91. The van der Waals surface area contributed by atoms with E-state index in [1.165, 1.54) is 12.1 Å². The molecule has 1 aromatic rings. The number of nitro groups is 1. The van der Waals surface area contributed by atoms with Crippen LogP contribution in [0.2, 0.25) is 0 Å². The van der Waals surface area contributed by atoms with Crippen LogP contribution in [-0.4, -0.2) is 39.5 Å². The summed E-state index contributed by atoms with van der Waals surface area (Å²) in [6.45, 7) is 3.87. The Kier molecular flexibility index (Phi) is 4.80. The number of hydrogen-bond donors (Lipinski definition) is 0. The van der Waals surface area contributed by atoms with E-state index < -0.39 is 16.9 Å². The number of nitro benzene ring substituents is 1. The van der Waals surface area contributed by atoms with Crippen molar-refractivity contribution in [2.45, 2.75) is 32.5 Å². The van der Waals surface area contributed by atoms with E-state index in [2.05, 4.69) is 0 Å². The van der Waals surface area contributed by atoms with Crippen molar-refractivity contribution >= 4 is 29.3 Å². The predicted octanol–water partition coefficient (Wildman–Crippen LogP) is 2.50. The fourth-order valence-corrected chi connectivity index (χ4v) is 4.01. The topological polar surface area (TPSA) is 89.8 Å². The number of ether oxygens (including phenoxy) is 1. The quantitative estimate of drug-likeness (QED) is 0.334. The van der Waals surface area contributed by atoms with Crippen molar-refractivity contribution in [3.63, 3.8) is 0 Å². The second kappa shape index (κ2) is 6.87. The van der Waals surface area contributed by atoms with Gasteiger partial charge in [-0.2, -0.15) is 0 Å². The lowest BCUT2D eigenvalue weighted by Gasteiger charge is -2.43. The molecule has 1 amide bonds.